The fourth-order valence-electron chi connectivity index (χ4n) is 3.04. The Bertz CT molecular complexity index is 754. The summed E-state index contributed by atoms with van der Waals surface area (Å²) in [5, 5.41) is 13.9. The fraction of sp³-hybridized carbons (Fsp3) is 0.353. The number of aliphatic hydroxyl groups is 1. The van der Waals surface area contributed by atoms with Crippen LogP contribution in [-0.2, 0) is 4.79 Å². The number of aromatic nitrogens is 1. The van der Waals surface area contributed by atoms with E-state index in [1.807, 2.05) is 18.2 Å². The van der Waals surface area contributed by atoms with Gasteiger partial charge in [-0.1, -0.05) is 35.5 Å². The molecule has 2 heterocycles. The number of nitrogens with two attached hydrogens (primary N) is 1. The SMILES string of the molecule is CC(O)c1onc(-c2ccccc2)c1C(=O)N1CCCC1C(N)=O. The average Bonchev–Trinajstić information content (AvgIpc) is 3.22. The number of aliphatic hydroxyl groups excluding tert-OH is 1. The Morgan fingerprint density at radius 3 is 2.71 bits per heavy atom. The first-order valence-corrected chi connectivity index (χ1v) is 7.84. The molecule has 126 valence electrons. The van der Waals surface area contributed by atoms with Crippen molar-refractivity contribution < 1.29 is 19.2 Å². The lowest BCUT2D eigenvalue weighted by Crippen LogP contribution is -2.44. The number of hydrogen-bond donors (Lipinski definition) is 2. The van der Waals surface area contributed by atoms with Gasteiger partial charge in [0.05, 0.1) is 0 Å². The lowest BCUT2D eigenvalue weighted by atomic mass is 10.0. The summed E-state index contributed by atoms with van der Waals surface area (Å²) < 4.78 is 5.22. The van der Waals surface area contributed by atoms with Gasteiger partial charge >= 0.3 is 0 Å². The van der Waals surface area contributed by atoms with Crippen LogP contribution in [0.1, 0.15) is 42.0 Å². The van der Waals surface area contributed by atoms with Crippen LogP contribution in [0.3, 0.4) is 0 Å². The second-order valence-electron chi connectivity index (χ2n) is 5.87. The molecule has 0 spiro atoms. The standard InChI is InChI=1S/C17H19N3O4/c1-10(21)15-13(14(19-24-15)11-6-3-2-4-7-11)17(23)20-9-5-8-12(20)16(18)22/h2-4,6-7,10,12,21H,5,8-9H2,1H3,(H2,18,22). The second-order valence-corrected chi connectivity index (χ2v) is 5.87. The molecule has 2 aromatic rings. The molecule has 0 radical (unpaired) electrons. The Balaban J connectivity index is 2.07. The van der Waals surface area contributed by atoms with Crippen LogP contribution in [-0.4, -0.2) is 39.6 Å². The fourth-order valence-corrected chi connectivity index (χ4v) is 3.04. The van der Waals surface area contributed by atoms with E-state index in [9.17, 15) is 14.7 Å². The van der Waals surface area contributed by atoms with E-state index >= 15 is 0 Å². The summed E-state index contributed by atoms with van der Waals surface area (Å²) in [6, 6.07) is 8.46. The highest BCUT2D eigenvalue weighted by atomic mass is 16.5. The zero-order chi connectivity index (χ0) is 17.3. The maximum absolute atomic E-state index is 13.0. The molecule has 2 amide bonds. The molecule has 1 aromatic heterocycles. The lowest BCUT2D eigenvalue weighted by Gasteiger charge is -2.22. The molecule has 0 bridgehead atoms. The third kappa shape index (κ3) is 2.78. The van der Waals surface area contributed by atoms with E-state index in [1.165, 1.54) is 11.8 Å². The van der Waals surface area contributed by atoms with Crippen molar-refractivity contribution in [1.82, 2.24) is 10.1 Å². The van der Waals surface area contributed by atoms with Gasteiger partial charge in [0.1, 0.15) is 23.4 Å². The van der Waals surface area contributed by atoms with Gasteiger partial charge in [-0.2, -0.15) is 0 Å². The topological polar surface area (TPSA) is 110 Å². The van der Waals surface area contributed by atoms with Crippen molar-refractivity contribution >= 4 is 11.8 Å². The van der Waals surface area contributed by atoms with Crippen molar-refractivity contribution in [1.29, 1.82) is 0 Å². The highest BCUT2D eigenvalue weighted by Crippen LogP contribution is 2.32. The maximum atomic E-state index is 13.0. The highest BCUT2D eigenvalue weighted by Gasteiger charge is 2.37. The van der Waals surface area contributed by atoms with E-state index in [4.69, 9.17) is 10.3 Å². The minimum atomic E-state index is -0.997. The molecule has 2 atom stereocenters. The van der Waals surface area contributed by atoms with Crippen LogP contribution in [0.25, 0.3) is 11.3 Å². The molecule has 1 aromatic carbocycles. The Labute approximate surface area is 139 Å². The number of carbonyl (C=O) groups is 2. The number of amides is 2. The van der Waals surface area contributed by atoms with Crippen LogP contribution in [0.4, 0.5) is 0 Å². The maximum Gasteiger partial charge on any atom is 0.260 e. The normalized spacial score (nSPS) is 18.6. The highest BCUT2D eigenvalue weighted by molar-refractivity contribution is 6.03. The number of primary amides is 1. The van der Waals surface area contributed by atoms with Gasteiger partial charge in [0.2, 0.25) is 5.91 Å². The first-order chi connectivity index (χ1) is 11.5. The largest absolute Gasteiger partial charge is 0.385 e. The van der Waals surface area contributed by atoms with Crippen molar-refractivity contribution in [3.05, 3.63) is 41.7 Å². The summed E-state index contributed by atoms with van der Waals surface area (Å²) in [6.45, 7) is 1.94. The van der Waals surface area contributed by atoms with Gasteiger partial charge in [0, 0.05) is 12.1 Å². The number of likely N-dealkylation sites (tertiary alicyclic amines) is 1. The van der Waals surface area contributed by atoms with Crippen LogP contribution in [0.15, 0.2) is 34.9 Å². The van der Waals surface area contributed by atoms with Crippen molar-refractivity contribution in [2.75, 3.05) is 6.54 Å². The Morgan fingerprint density at radius 2 is 2.08 bits per heavy atom. The van der Waals surface area contributed by atoms with Crippen LogP contribution in [0.5, 0.6) is 0 Å². The summed E-state index contributed by atoms with van der Waals surface area (Å²) in [5.74, 6) is -0.835. The van der Waals surface area contributed by atoms with E-state index < -0.39 is 24.0 Å². The van der Waals surface area contributed by atoms with E-state index in [0.717, 1.165) is 0 Å². The van der Waals surface area contributed by atoms with Crippen LogP contribution in [0.2, 0.25) is 0 Å². The molecule has 7 nitrogen and oxygen atoms in total. The van der Waals surface area contributed by atoms with E-state index in [-0.39, 0.29) is 11.3 Å². The molecular formula is C17H19N3O4. The molecule has 24 heavy (non-hydrogen) atoms. The van der Waals surface area contributed by atoms with Crippen molar-refractivity contribution in [3.63, 3.8) is 0 Å². The molecule has 1 aliphatic heterocycles. The Morgan fingerprint density at radius 1 is 1.38 bits per heavy atom. The number of nitrogens with zero attached hydrogens (tertiary/aromatic N) is 2. The van der Waals surface area contributed by atoms with Gasteiger partial charge < -0.3 is 20.3 Å². The molecule has 1 fully saturated rings. The van der Waals surface area contributed by atoms with Gasteiger partial charge in [-0.15, -0.1) is 0 Å². The molecule has 1 saturated heterocycles. The number of rotatable bonds is 4. The summed E-state index contributed by atoms with van der Waals surface area (Å²) in [6.07, 6.45) is 0.246. The predicted molar refractivity (Wildman–Crippen MR) is 85.8 cm³/mol. The third-order valence-electron chi connectivity index (χ3n) is 4.20. The molecule has 1 aliphatic rings. The lowest BCUT2D eigenvalue weighted by molar-refractivity contribution is -0.121. The van der Waals surface area contributed by atoms with Crippen LogP contribution in [0, 0.1) is 0 Å². The van der Waals surface area contributed by atoms with E-state index in [1.54, 1.807) is 12.1 Å². The van der Waals surface area contributed by atoms with E-state index in [2.05, 4.69) is 5.16 Å². The molecule has 7 heteroatoms. The number of carbonyl (C=O) groups excluding carboxylic acids is 2. The van der Waals surface area contributed by atoms with Gasteiger partial charge in [-0.05, 0) is 19.8 Å². The predicted octanol–water partition coefficient (Wildman–Crippen LogP) is 1.48. The minimum Gasteiger partial charge on any atom is -0.385 e. The molecule has 0 saturated carbocycles. The zero-order valence-electron chi connectivity index (χ0n) is 13.3. The number of hydrogen-bond acceptors (Lipinski definition) is 5. The molecule has 3 N–H and O–H groups in total. The van der Waals surface area contributed by atoms with Crippen molar-refractivity contribution in [2.45, 2.75) is 31.9 Å². The minimum absolute atomic E-state index is 0.0916. The average molecular weight is 329 g/mol. The first kappa shape index (κ1) is 16.2. The van der Waals surface area contributed by atoms with Gasteiger partial charge in [-0.25, -0.2) is 0 Å². The monoisotopic (exact) mass is 329 g/mol. The quantitative estimate of drug-likeness (QED) is 0.883. The van der Waals surface area contributed by atoms with Crippen molar-refractivity contribution in [2.24, 2.45) is 5.73 Å². The second kappa shape index (κ2) is 6.45. The smallest absolute Gasteiger partial charge is 0.260 e. The number of benzene rings is 1. The molecule has 3 rings (SSSR count). The summed E-state index contributed by atoms with van der Waals surface area (Å²) in [7, 11) is 0. The van der Waals surface area contributed by atoms with Crippen LogP contribution < -0.4 is 5.73 Å². The molecule has 2 unspecified atom stereocenters. The Hall–Kier alpha value is -2.67. The first-order valence-electron chi connectivity index (χ1n) is 7.84. The van der Waals surface area contributed by atoms with Gasteiger partial charge in [0.15, 0.2) is 5.76 Å². The Kier molecular flexibility index (Phi) is 4.35. The van der Waals surface area contributed by atoms with Crippen molar-refractivity contribution in [3.8, 4) is 11.3 Å². The van der Waals surface area contributed by atoms with E-state index in [0.29, 0.717) is 30.6 Å². The molecular weight excluding hydrogens is 310 g/mol. The van der Waals surface area contributed by atoms with Crippen LogP contribution >= 0.6 is 0 Å². The zero-order valence-corrected chi connectivity index (χ0v) is 13.3. The molecule has 0 aliphatic carbocycles. The van der Waals surface area contributed by atoms with Gasteiger partial charge in [-0.3, -0.25) is 9.59 Å². The van der Waals surface area contributed by atoms with Gasteiger partial charge in [0.25, 0.3) is 5.91 Å². The summed E-state index contributed by atoms with van der Waals surface area (Å²) in [5.41, 5.74) is 6.64. The summed E-state index contributed by atoms with van der Waals surface area (Å²) >= 11 is 0. The summed E-state index contributed by atoms with van der Waals surface area (Å²) in [4.78, 5) is 26.1. The third-order valence-corrected chi connectivity index (χ3v) is 4.20.